The number of rotatable bonds is 8. The number of hydrogen-bond acceptors (Lipinski definition) is 2. The number of methoxy groups -OCH3 is 1. The van der Waals surface area contributed by atoms with Gasteiger partial charge in [0.1, 0.15) is 0 Å². The van der Waals surface area contributed by atoms with Gasteiger partial charge in [0, 0.05) is 25.9 Å². The van der Waals surface area contributed by atoms with E-state index >= 15 is 0 Å². The summed E-state index contributed by atoms with van der Waals surface area (Å²) in [5.74, 6) is 0. The van der Waals surface area contributed by atoms with Gasteiger partial charge in [-0.15, -0.1) is 0 Å². The van der Waals surface area contributed by atoms with Crippen LogP contribution in [0, 0.1) is 0 Å². The van der Waals surface area contributed by atoms with E-state index in [4.69, 9.17) is 4.74 Å². The van der Waals surface area contributed by atoms with Crippen LogP contribution in [-0.4, -0.2) is 20.3 Å². The zero-order valence-electron chi connectivity index (χ0n) is 9.54. The fourth-order valence-electron chi connectivity index (χ4n) is 1.51. The molecule has 0 amide bonds. The fourth-order valence-corrected chi connectivity index (χ4v) is 1.51. The Labute approximate surface area is 92.6 Å². The first-order valence-electron chi connectivity index (χ1n) is 5.71. The van der Waals surface area contributed by atoms with Gasteiger partial charge in [0.05, 0.1) is 0 Å². The maximum absolute atomic E-state index is 5.00. The number of hydrogen-bond donors (Lipinski definition) is 1. The van der Waals surface area contributed by atoms with Gasteiger partial charge in [-0.2, -0.15) is 0 Å². The summed E-state index contributed by atoms with van der Waals surface area (Å²) >= 11 is 0. The summed E-state index contributed by atoms with van der Waals surface area (Å²) in [6, 6.07) is 10.4. The summed E-state index contributed by atoms with van der Waals surface area (Å²) in [4.78, 5) is 0. The van der Waals surface area contributed by atoms with Crippen molar-refractivity contribution in [2.24, 2.45) is 0 Å². The predicted molar refractivity (Wildman–Crippen MR) is 65.3 cm³/mol. The zero-order valence-corrected chi connectivity index (χ0v) is 9.54. The lowest BCUT2D eigenvalue weighted by Crippen LogP contribution is -2.01. The molecule has 0 bridgehead atoms. The third-order valence-electron chi connectivity index (χ3n) is 2.38. The van der Waals surface area contributed by atoms with E-state index in [-0.39, 0.29) is 0 Å². The summed E-state index contributed by atoms with van der Waals surface area (Å²) in [6.45, 7) is 1.96. The molecule has 2 nitrogen and oxygen atoms in total. The molecule has 0 radical (unpaired) electrons. The normalized spacial score (nSPS) is 10.2. The molecule has 1 rings (SSSR count). The Bertz CT molecular complexity index is 236. The molecular formula is C13H21NO. The number of benzene rings is 1. The lowest BCUT2D eigenvalue weighted by molar-refractivity contribution is 0.192. The molecule has 0 spiro atoms. The van der Waals surface area contributed by atoms with Gasteiger partial charge in [-0.1, -0.05) is 31.0 Å². The van der Waals surface area contributed by atoms with E-state index in [1.165, 1.54) is 31.4 Å². The van der Waals surface area contributed by atoms with Gasteiger partial charge < -0.3 is 10.1 Å². The molecule has 0 atom stereocenters. The van der Waals surface area contributed by atoms with E-state index < -0.39 is 0 Å². The van der Waals surface area contributed by atoms with Crippen LogP contribution in [0.2, 0.25) is 0 Å². The third-order valence-corrected chi connectivity index (χ3v) is 2.38. The largest absolute Gasteiger partial charge is 0.385 e. The van der Waals surface area contributed by atoms with Crippen molar-refractivity contribution in [1.82, 2.24) is 0 Å². The molecule has 0 aliphatic heterocycles. The van der Waals surface area contributed by atoms with Crippen molar-refractivity contribution in [3.8, 4) is 0 Å². The monoisotopic (exact) mass is 207 g/mol. The molecule has 1 aromatic carbocycles. The summed E-state index contributed by atoms with van der Waals surface area (Å²) in [7, 11) is 1.76. The summed E-state index contributed by atoms with van der Waals surface area (Å²) in [6.07, 6.45) is 4.97. The van der Waals surface area contributed by atoms with Crippen LogP contribution in [0.25, 0.3) is 0 Å². The Hall–Kier alpha value is -1.02. The first-order chi connectivity index (χ1) is 7.43. The molecule has 15 heavy (non-hydrogen) atoms. The Morgan fingerprint density at radius 3 is 2.47 bits per heavy atom. The highest BCUT2D eigenvalue weighted by atomic mass is 16.5. The van der Waals surface area contributed by atoms with Crippen LogP contribution >= 0.6 is 0 Å². The van der Waals surface area contributed by atoms with Crippen LogP contribution in [0.1, 0.15) is 25.7 Å². The van der Waals surface area contributed by atoms with Crippen LogP contribution in [0.3, 0.4) is 0 Å². The van der Waals surface area contributed by atoms with Gasteiger partial charge in [0.15, 0.2) is 0 Å². The van der Waals surface area contributed by atoms with Crippen molar-refractivity contribution < 1.29 is 4.74 Å². The standard InChI is InChI=1S/C13H21NO/c1-15-12-8-3-2-7-11-14-13-9-5-4-6-10-13/h4-6,9-10,14H,2-3,7-8,11-12H2,1H3. The lowest BCUT2D eigenvalue weighted by atomic mass is 10.2. The highest BCUT2D eigenvalue weighted by molar-refractivity contribution is 5.42. The zero-order chi connectivity index (χ0) is 10.8. The van der Waals surface area contributed by atoms with E-state index in [0.29, 0.717) is 0 Å². The van der Waals surface area contributed by atoms with Gasteiger partial charge in [-0.05, 0) is 25.0 Å². The Morgan fingerprint density at radius 1 is 1.00 bits per heavy atom. The Kier molecular flexibility index (Phi) is 6.67. The van der Waals surface area contributed by atoms with Crippen LogP contribution in [0.5, 0.6) is 0 Å². The van der Waals surface area contributed by atoms with Gasteiger partial charge in [-0.25, -0.2) is 0 Å². The molecule has 0 aliphatic rings. The van der Waals surface area contributed by atoms with E-state index in [1.54, 1.807) is 7.11 Å². The third kappa shape index (κ3) is 6.13. The highest BCUT2D eigenvalue weighted by Gasteiger charge is 1.91. The first kappa shape index (κ1) is 12.1. The first-order valence-corrected chi connectivity index (χ1v) is 5.71. The second kappa shape index (κ2) is 8.30. The molecule has 0 saturated heterocycles. The second-order valence-corrected chi connectivity index (χ2v) is 3.70. The predicted octanol–water partition coefficient (Wildman–Crippen LogP) is 3.31. The summed E-state index contributed by atoms with van der Waals surface area (Å²) in [5, 5.41) is 3.40. The maximum Gasteiger partial charge on any atom is 0.0462 e. The van der Waals surface area contributed by atoms with E-state index in [2.05, 4.69) is 29.6 Å². The molecule has 0 saturated carbocycles. The Balaban J connectivity index is 1.93. The molecule has 1 aromatic rings. The molecule has 84 valence electrons. The molecular weight excluding hydrogens is 186 g/mol. The van der Waals surface area contributed by atoms with Crippen molar-refractivity contribution in [3.63, 3.8) is 0 Å². The van der Waals surface area contributed by atoms with Gasteiger partial charge >= 0.3 is 0 Å². The molecule has 2 heteroatoms. The minimum absolute atomic E-state index is 0.895. The van der Waals surface area contributed by atoms with Crippen molar-refractivity contribution >= 4 is 5.69 Å². The van der Waals surface area contributed by atoms with Crippen LogP contribution in [0.15, 0.2) is 30.3 Å². The maximum atomic E-state index is 5.00. The van der Waals surface area contributed by atoms with Crippen LogP contribution in [-0.2, 0) is 4.74 Å². The van der Waals surface area contributed by atoms with Crippen LogP contribution < -0.4 is 5.32 Å². The fraction of sp³-hybridized carbons (Fsp3) is 0.538. The number of nitrogens with one attached hydrogen (secondary N) is 1. The molecule has 0 fully saturated rings. The topological polar surface area (TPSA) is 21.3 Å². The summed E-state index contributed by atoms with van der Waals surface area (Å²) in [5.41, 5.74) is 1.22. The smallest absolute Gasteiger partial charge is 0.0462 e. The summed E-state index contributed by atoms with van der Waals surface area (Å²) < 4.78 is 5.00. The van der Waals surface area contributed by atoms with Crippen molar-refractivity contribution in [3.05, 3.63) is 30.3 Å². The number of unbranched alkanes of at least 4 members (excludes halogenated alkanes) is 3. The van der Waals surface area contributed by atoms with Gasteiger partial charge in [0.2, 0.25) is 0 Å². The molecule has 0 aliphatic carbocycles. The number of para-hydroxylation sites is 1. The quantitative estimate of drug-likeness (QED) is 0.660. The Morgan fingerprint density at radius 2 is 1.73 bits per heavy atom. The van der Waals surface area contributed by atoms with Crippen molar-refractivity contribution in [2.45, 2.75) is 25.7 Å². The SMILES string of the molecule is COCCCCCCNc1ccccc1. The lowest BCUT2D eigenvalue weighted by Gasteiger charge is -2.05. The molecule has 0 heterocycles. The minimum Gasteiger partial charge on any atom is -0.385 e. The van der Waals surface area contributed by atoms with E-state index in [1.807, 2.05) is 6.07 Å². The van der Waals surface area contributed by atoms with Gasteiger partial charge in [0.25, 0.3) is 0 Å². The van der Waals surface area contributed by atoms with Crippen molar-refractivity contribution in [1.29, 1.82) is 0 Å². The van der Waals surface area contributed by atoms with Gasteiger partial charge in [-0.3, -0.25) is 0 Å². The molecule has 1 N–H and O–H groups in total. The average Bonchev–Trinajstić information content (AvgIpc) is 2.29. The minimum atomic E-state index is 0.895. The van der Waals surface area contributed by atoms with Crippen LogP contribution in [0.4, 0.5) is 5.69 Å². The number of ether oxygens (including phenoxy) is 1. The van der Waals surface area contributed by atoms with E-state index in [0.717, 1.165) is 13.2 Å². The average molecular weight is 207 g/mol. The second-order valence-electron chi connectivity index (χ2n) is 3.70. The molecule has 0 unspecified atom stereocenters. The highest BCUT2D eigenvalue weighted by Crippen LogP contribution is 2.06. The van der Waals surface area contributed by atoms with Crippen molar-refractivity contribution in [2.75, 3.05) is 25.6 Å². The molecule has 0 aromatic heterocycles. The van der Waals surface area contributed by atoms with E-state index in [9.17, 15) is 0 Å². The number of anilines is 1.